The number of rotatable bonds is 7. The number of ether oxygens (including phenoxy) is 1. The van der Waals surface area contributed by atoms with Crippen LogP contribution in [-0.2, 0) is 12.4 Å². The third kappa shape index (κ3) is 7.39. The summed E-state index contributed by atoms with van der Waals surface area (Å²) >= 11 is 0. The molecule has 40 heavy (non-hydrogen) atoms. The maximum atomic E-state index is 13.4. The Kier molecular flexibility index (Phi) is 9.50. The second-order valence-corrected chi connectivity index (χ2v) is 10.2. The average molecular weight is 573 g/mol. The van der Waals surface area contributed by atoms with E-state index in [0.717, 1.165) is 57.2 Å². The summed E-state index contributed by atoms with van der Waals surface area (Å²) in [5, 5.41) is 5.16. The van der Waals surface area contributed by atoms with Crippen molar-refractivity contribution in [3.63, 3.8) is 0 Å². The Hall–Kier alpha value is -2.99. The summed E-state index contributed by atoms with van der Waals surface area (Å²) < 4.78 is 85.9. The number of para-hydroxylation sites is 1. The fraction of sp³-hybridized carbons (Fsp3) is 0.536. The summed E-state index contributed by atoms with van der Waals surface area (Å²) in [6, 6.07) is 7.29. The zero-order valence-electron chi connectivity index (χ0n) is 22.2. The summed E-state index contributed by atoms with van der Waals surface area (Å²) in [6.45, 7) is 2.93. The van der Waals surface area contributed by atoms with Crippen molar-refractivity contribution < 1.29 is 35.9 Å². The van der Waals surface area contributed by atoms with E-state index < -0.39 is 41.4 Å². The van der Waals surface area contributed by atoms with Gasteiger partial charge in [-0.15, -0.1) is 0 Å². The van der Waals surface area contributed by atoms with Gasteiger partial charge in [0.25, 0.3) is 0 Å². The van der Waals surface area contributed by atoms with Crippen molar-refractivity contribution in [1.82, 2.24) is 15.1 Å². The molecule has 2 N–H and O–H groups in total. The number of alkyl halides is 6. The summed E-state index contributed by atoms with van der Waals surface area (Å²) in [6.07, 6.45) is -4.80. The maximum Gasteiger partial charge on any atom is 0.416 e. The second-order valence-electron chi connectivity index (χ2n) is 10.2. The Labute approximate surface area is 229 Å². The lowest BCUT2D eigenvalue weighted by Crippen LogP contribution is -2.58. The number of nitrogens with zero attached hydrogens (tertiary/aromatic N) is 2. The Morgan fingerprint density at radius 3 is 1.85 bits per heavy atom. The van der Waals surface area contributed by atoms with E-state index in [-0.39, 0.29) is 12.1 Å². The molecule has 2 unspecified atom stereocenters. The van der Waals surface area contributed by atoms with Gasteiger partial charge in [-0.1, -0.05) is 31.0 Å². The first-order valence-electron chi connectivity index (χ1n) is 13.5. The van der Waals surface area contributed by atoms with E-state index in [0.29, 0.717) is 31.0 Å². The Morgan fingerprint density at radius 2 is 1.32 bits per heavy atom. The minimum Gasteiger partial charge on any atom is -0.496 e. The lowest BCUT2D eigenvalue weighted by atomic mass is 9.96. The Morgan fingerprint density at radius 1 is 0.800 bits per heavy atom. The van der Waals surface area contributed by atoms with Crippen LogP contribution in [0.2, 0.25) is 0 Å². The van der Waals surface area contributed by atoms with Crippen molar-refractivity contribution >= 4 is 11.7 Å². The van der Waals surface area contributed by atoms with Crippen LogP contribution >= 0.6 is 0 Å². The van der Waals surface area contributed by atoms with Gasteiger partial charge in [-0.05, 0) is 63.0 Å². The number of halogens is 6. The normalized spacial score (nSPS) is 19.1. The van der Waals surface area contributed by atoms with Crippen molar-refractivity contribution in [2.24, 2.45) is 0 Å². The van der Waals surface area contributed by atoms with Crippen molar-refractivity contribution in [3.05, 3.63) is 59.2 Å². The molecule has 2 amide bonds. The summed E-state index contributed by atoms with van der Waals surface area (Å²) in [7, 11) is 1.56. The quantitative estimate of drug-likeness (QED) is 0.355. The fourth-order valence-electron chi connectivity index (χ4n) is 5.57. The molecule has 2 aromatic carbocycles. The number of urea groups is 1. The molecule has 2 heterocycles. The van der Waals surface area contributed by atoms with Crippen LogP contribution in [0, 0.1) is 0 Å². The largest absolute Gasteiger partial charge is 0.496 e. The fourth-order valence-corrected chi connectivity index (χ4v) is 5.57. The molecule has 4 rings (SSSR count). The third-order valence-electron chi connectivity index (χ3n) is 7.45. The smallest absolute Gasteiger partial charge is 0.416 e. The van der Waals surface area contributed by atoms with Gasteiger partial charge in [0, 0.05) is 24.3 Å². The number of benzene rings is 2. The minimum atomic E-state index is -5.02. The highest BCUT2D eigenvalue weighted by atomic mass is 19.4. The number of carbonyl (C=O) groups excluding carboxylic acids is 1. The minimum absolute atomic E-state index is 0.0354. The number of anilines is 1. The number of likely N-dealkylation sites (tertiary alicyclic amines) is 2. The molecule has 2 aliphatic heterocycles. The van der Waals surface area contributed by atoms with Crippen LogP contribution in [0.4, 0.5) is 36.8 Å². The lowest BCUT2D eigenvalue weighted by Gasteiger charge is -2.45. The van der Waals surface area contributed by atoms with Gasteiger partial charge >= 0.3 is 18.4 Å². The van der Waals surface area contributed by atoms with Crippen LogP contribution in [0.1, 0.15) is 61.3 Å². The standard InChI is InChI=1S/C28H34F6N4O2/c1-40-23-11-5-4-10-22(23)24(37-12-6-2-7-13-37)25(38-14-8-3-9-15-38)36-26(39)35-21-17-19(27(29,30)31)16-20(18-21)28(32,33)34/h4-5,10-11,16-18,24-25H,2-3,6-9,12-15H2,1H3,(H2,35,36,39). The molecule has 2 saturated heterocycles. The van der Waals surface area contributed by atoms with E-state index in [1.807, 2.05) is 24.3 Å². The molecule has 0 aromatic heterocycles. The third-order valence-corrected chi connectivity index (χ3v) is 7.45. The molecular weight excluding hydrogens is 538 g/mol. The molecule has 0 aliphatic carbocycles. The summed E-state index contributed by atoms with van der Waals surface area (Å²) in [4.78, 5) is 17.7. The molecule has 2 atom stereocenters. The molecule has 0 spiro atoms. The topological polar surface area (TPSA) is 56.8 Å². The summed E-state index contributed by atoms with van der Waals surface area (Å²) in [5.74, 6) is 0.634. The molecule has 0 bridgehead atoms. The van der Waals surface area contributed by atoms with E-state index in [1.165, 1.54) is 0 Å². The zero-order valence-corrected chi connectivity index (χ0v) is 22.2. The average Bonchev–Trinajstić information content (AvgIpc) is 2.93. The molecule has 6 nitrogen and oxygen atoms in total. The number of methoxy groups -OCH3 is 1. The monoisotopic (exact) mass is 572 g/mol. The van der Waals surface area contributed by atoms with Gasteiger partial charge in [0.1, 0.15) is 11.9 Å². The molecule has 2 aromatic rings. The van der Waals surface area contributed by atoms with Crippen LogP contribution in [0.15, 0.2) is 42.5 Å². The van der Waals surface area contributed by atoms with Gasteiger partial charge in [-0.3, -0.25) is 9.80 Å². The first kappa shape index (κ1) is 30.0. The predicted octanol–water partition coefficient (Wildman–Crippen LogP) is 6.89. The van der Waals surface area contributed by atoms with Crippen LogP contribution < -0.4 is 15.4 Å². The van der Waals surface area contributed by atoms with Gasteiger partial charge in [-0.2, -0.15) is 26.3 Å². The lowest BCUT2D eigenvalue weighted by molar-refractivity contribution is -0.143. The number of carbonyl (C=O) groups is 1. The number of piperidine rings is 2. The predicted molar refractivity (Wildman–Crippen MR) is 139 cm³/mol. The van der Waals surface area contributed by atoms with Crippen LogP contribution in [0.5, 0.6) is 5.75 Å². The molecule has 0 radical (unpaired) electrons. The van der Waals surface area contributed by atoms with Crippen LogP contribution in [-0.4, -0.2) is 55.3 Å². The van der Waals surface area contributed by atoms with Crippen molar-refractivity contribution in [2.45, 2.75) is 63.1 Å². The highest BCUT2D eigenvalue weighted by Gasteiger charge is 2.39. The van der Waals surface area contributed by atoms with E-state index in [9.17, 15) is 31.1 Å². The van der Waals surface area contributed by atoms with Crippen molar-refractivity contribution in [2.75, 3.05) is 38.6 Å². The van der Waals surface area contributed by atoms with E-state index in [1.54, 1.807) is 7.11 Å². The zero-order chi connectivity index (χ0) is 28.9. The Bertz CT molecular complexity index is 1110. The molecule has 2 aliphatic rings. The van der Waals surface area contributed by atoms with E-state index >= 15 is 0 Å². The number of hydrogen-bond acceptors (Lipinski definition) is 4. The van der Waals surface area contributed by atoms with Crippen molar-refractivity contribution in [3.8, 4) is 5.75 Å². The van der Waals surface area contributed by atoms with Gasteiger partial charge < -0.3 is 15.4 Å². The first-order chi connectivity index (χ1) is 19.0. The Balaban J connectivity index is 1.69. The van der Waals surface area contributed by atoms with Crippen LogP contribution in [0.25, 0.3) is 0 Å². The second kappa shape index (κ2) is 12.7. The van der Waals surface area contributed by atoms with Gasteiger partial charge in [0.2, 0.25) is 0 Å². The maximum absolute atomic E-state index is 13.4. The number of nitrogens with one attached hydrogen (secondary N) is 2. The molecule has 12 heteroatoms. The van der Waals surface area contributed by atoms with Gasteiger partial charge in [-0.25, -0.2) is 4.79 Å². The SMILES string of the molecule is COc1ccccc1C(C(NC(=O)Nc1cc(C(F)(F)F)cc(C(F)(F)F)c1)N1CCCCC1)N1CCCCC1. The van der Waals surface area contributed by atoms with E-state index in [2.05, 4.69) is 20.4 Å². The van der Waals surface area contributed by atoms with E-state index in [4.69, 9.17) is 4.74 Å². The number of hydrogen-bond donors (Lipinski definition) is 2. The molecule has 2 fully saturated rings. The first-order valence-corrected chi connectivity index (χ1v) is 13.5. The van der Waals surface area contributed by atoms with Crippen LogP contribution in [0.3, 0.4) is 0 Å². The van der Waals surface area contributed by atoms with Gasteiger partial charge in [0.05, 0.1) is 24.3 Å². The molecular formula is C28H34F6N4O2. The molecule has 220 valence electrons. The van der Waals surface area contributed by atoms with Gasteiger partial charge in [0.15, 0.2) is 0 Å². The summed E-state index contributed by atoms with van der Waals surface area (Å²) in [5.41, 5.74) is -2.74. The highest BCUT2D eigenvalue weighted by molar-refractivity contribution is 5.89. The highest BCUT2D eigenvalue weighted by Crippen LogP contribution is 2.38. The molecule has 0 saturated carbocycles. The van der Waals surface area contributed by atoms with Crippen molar-refractivity contribution in [1.29, 1.82) is 0 Å². The number of amides is 2.